The summed E-state index contributed by atoms with van der Waals surface area (Å²) in [5, 5.41) is 10.5. The van der Waals surface area contributed by atoms with Gasteiger partial charge in [0, 0.05) is 13.0 Å². The lowest BCUT2D eigenvalue weighted by molar-refractivity contribution is -0.160. The van der Waals surface area contributed by atoms with Crippen molar-refractivity contribution in [1.29, 1.82) is 0 Å². The highest BCUT2D eigenvalue weighted by atomic mass is 19.4. The van der Waals surface area contributed by atoms with Crippen molar-refractivity contribution >= 4 is 12.1 Å². The summed E-state index contributed by atoms with van der Waals surface area (Å²) in [6, 6.07) is 0. The Morgan fingerprint density at radius 3 is 2.47 bits per heavy atom. The number of carbonyl (C=O) groups is 2. The van der Waals surface area contributed by atoms with E-state index in [-0.39, 0.29) is 18.9 Å². The first-order valence-corrected chi connectivity index (χ1v) is 4.90. The van der Waals surface area contributed by atoms with Crippen LogP contribution in [0.5, 0.6) is 0 Å². The molecule has 0 aromatic heterocycles. The molecular formula is C9H14F3NO4. The van der Waals surface area contributed by atoms with Crippen LogP contribution in [0.15, 0.2) is 0 Å². The van der Waals surface area contributed by atoms with Gasteiger partial charge in [0.1, 0.15) is 0 Å². The highest BCUT2D eigenvalue weighted by Gasteiger charge is 2.29. The van der Waals surface area contributed by atoms with Crippen LogP contribution in [-0.4, -0.2) is 36.5 Å². The Hall–Kier alpha value is -1.47. The predicted molar refractivity (Wildman–Crippen MR) is 51.4 cm³/mol. The summed E-state index contributed by atoms with van der Waals surface area (Å²) in [5.74, 6) is -1.11. The maximum absolute atomic E-state index is 11.7. The van der Waals surface area contributed by atoms with E-state index in [2.05, 4.69) is 10.1 Å². The molecule has 2 N–H and O–H groups in total. The van der Waals surface area contributed by atoms with Crippen molar-refractivity contribution in [3.05, 3.63) is 0 Å². The first-order chi connectivity index (χ1) is 7.70. The predicted octanol–water partition coefficient (Wildman–Crippen LogP) is 1.78. The van der Waals surface area contributed by atoms with Crippen LogP contribution in [0.4, 0.5) is 18.0 Å². The molecule has 0 aromatic carbocycles. The second kappa shape index (κ2) is 6.97. The number of aliphatic carboxylic acids is 1. The minimum atomic E-state index is -4.55. The Labute approximate surface area is 95.9 Å². The number of alkyl carbamates (subject to hydrolysis) is 1. The second-order valence-corrected chi connectivity index (χ2v) is 3.61. The monoisotopic (exact) mass is 257 g/mol. The number of carboxylic acid groups (broad SMARTS) is 1. The molecule has 0 aromatic rings. The number of hydrogen-bond donors (Lipinski definition) is 2. The number of nitrogens with one attached hydrogen (secondary N) is 1. The van der Waals surface area contributed by atoms with E-state index < -0.39 is 24.8 Å². The van der Waals surface area contributed by atoms with Gasteiger partial charge in [-0.15, -0.1) is 0 Å². The van der Waals surface area contributed by atoms with Gasteiger partial charge in [-0.25, -0.2) is 4.79 Å². The number of halogens is 3. The third kappa shape index (κ3) is 10.8. The van der Waals surface area contributed by atoms with Crippen LogP contribution in [0.1, 0.15) is 19.8 Å². The van der Waals surface area contributed by atoms with E-state index in [0.29, 0.717) is 6.42 Å². The maximum atomic E-state index is 11.7. The molecule has 0 radical (unpaired) electrons. The van der Waals surface area contributed by atoms with E-state index in [1.165, 1.54) is 0 Å². The van der Waals surface area contributed by atoms with Crippen LogP contribution in [0.2, 0.25) is 0 Å². The van der Waals surface area contributed by atoms with Gasteiger partial charge in [-0.2, -0.15) is 13.2 Å². The zero-order valence-corrected chi connectivity index (χ0v) is 9.21. The minimum Gasteiger partial charge on any atom is -0.481 e. The van der Waals surface area contributed by atoms with Gasteiger partial charge < -0.3 is 15.2 Å². The van der Waals surface area contributed by atoms with Gasteiger partial charge in [-0.05, 0) is 12.3 Å². The third-order valence-corrected chi connectivity index (χ3v) is 1.81. The maximum Gasteiger partial charge on any atom is 0.422 e. The molecule has 1 atom stereocenters. The normalized spacial score (nSPS) is 12.9. The Kier molecular flexibility index (Phi) is 6.37. The molecule has 5 nitrogen and oxygen atoms in total. The van der Waals surface area contributed by atoms with Crippen LogP contribution >= 0.6 is 0 Å². The average molecular weight is 257 g/mol. The lowest BCUT2D eigenvalue weighted by atomic mass is 10.1. The van der Waals surface area contributed by atoms with Crippen molar-refractivity contribution in [1.82, 2.24) is 5.32 Å². The molecule has 1 amide bonds. The van der Waals surface area contributed by atoms with Gasteiger partial charge in [0.25, 0.3) is 0 Å². The van der Waals surface area contributed by atoms with Crippen molar-refractivity contribution in [2.75, 3.05) is 13.2 Å². The number of amides is 1. The SMILES string of the molecule is CC(CCC(=O)O)CNC(=O)OCC(F)(F)F. The summed E-state index contributed by atoms with van der Waals surface area (Å²) in [6.07, 6.45) is -5.44. The van der Waals surface area contributed by atoms with Crippen LogP contribution in [-0.2, 0) is 9.53 Å². The first kappa shape index (κ1) is 15.5. The molecule has 8 heteroatoms. The van der Waals surface area contributed by atoms with Crippen LogP contribution in [0, 0.1) is 5.92 Å². The minimum absolute atomic E-state index is 0.0551. The molecular weight excluding hydrogens is 243 g/mol. The summed E-state index contributed by atoms with van der Waals surface area (Å²) < 4.78 is 38.9. The molecule has 100 valence electrons. The first-order valence-electron chi connectivity index (χ1n) is 4.90. The van der Waals surface area contributed by atoms with Crippen LogP contribution < -0.4 is 5.32 Å². The number of ether oxygens (including phenoxy) is 1. The van der Waals surface area contributed by atoms with E-state index in [1.807, 2.05) is 0 Å². The Morgan fingerprint density at radius 1 is 1.41 bits per heavy atom. The molecule has 0 heterocycles. The fourth-order valence-electron chi connectivity index (χ4n) is 0.928. The van der Waals surface area contributed by atoms with Gasteiger partial charge in [0.2, 0.25) is 0 Å². The van der Waals surface area contributed by atoms with Crippen molar-refractivity contribution in [3.63, 3.8) is 0 Å². The molecule has 0 aliphatic heterocycles. The van der Waals surface area contributed by atoms with Gasteiger partial charge in [0.05, 0.1) is 0 Å². The van der Waals surface area contributed by atoms with Gasteiger partial charge in [-0.1, -0.05) is 6.92 Å². The van der Waals surface area contributed by atoms with Crippen LogP contribution in [0.25, 0.3) is 0 Å². The summed E-state index contributed by atoms with van der Waals surface area (Å²) >= 11 is 0. The molecule has 0 aliphatic rings. The Morgan fingerprint density at radius 2 is 2.00 bits per heavy atom. The lowest BCUT2D eigenvalue weighted by Gasteiger charge is -2.12. The largest absolute Gasteiger partial charge is 0.481 e. The Bertz CT molecular complexity index is 267. The van der Waals surface area contributed by atoms with Gasteiger partial charge in [-0.3, -0.25) is 4.79 Å². The van der Waals surface area contributed by atoms with Gasteiger partial charge in [0.15, 0.2) is 6.61 Å². The number of rotatable bonds is 6. The average Bonchev–Trinajstić information content (AvgIpc) is 2.19. The molecule has 0 spiro atoms. The standard InChI is InChI=1S/C9H14F3NO4/c1-6(2-3-7(14)15)4-13-8(16)17-5-9(10,11)12/h6H,2-5H2,1H3,(H,13,16)(H,14,15). The topological polar surface area (TPSA) is 75.6 Å². The summed E-state index contributed by atoms with van der Waals surface area (Å²) in [6.45, 7) is 0.110. The summed E-state index contributed by atoms with van der Waals surface area (Å²) in [7, 11) is 0. The number of alkyl halides is 3. The third-order valence-electron chi connectivity index (χ3n) is 1.81. The Balaban J connectivity index is 3.66. The number of hydrogen-bond acceptors (Lipinski definition) is 3. The number of carboxylic acids is 1. The highest BCUT2D eigenvalue weighted by Crippen LogP contribution is 2.14. The van der Waals surface area contributed by atoms with Crippen molar-refractivity contribution in [2.24, 2.45) is 5.92 Å². The molecule has 0 aliphatic carbocycles. The number of carbonyl (C=O) groups excluding carboxylic acids is 1. The van der Waals surface area contributed by atoms with Crippen molar-refractivity contribution in [2.45, 2.75) is 25.9 Å². The van der Waals surface area contributed by atoms with Crippen LogP contribution in [0.3, 0.4) is 0 Å². The highest BCUT2D eigenvalue weighted by molar-refractivity contribution is 5.67. The zero-order valence-electron chi connectivity index (χ0n) is 9.21. The molecule has 1 unspecified atom stereocenters. The molecule has 0 saturated carbocycles. The summed E-state index contributed by atoms with van der Waals surface area (Å²) in [4.78, 5) is 21.0. The molecule has 0 saturated heterocycles. The molecule has 17 heavy (non-hydrogen) atoms. The van der Waals surface area contributed by atoms with Crippen molar-refractivity contribution < 1.29 is 32.6 Å². The molecule has 0 rings (SSSR count). The van der Waals surface area contributed by atoms with E-state index in [4.69, 9.17) is 5.11 Å². The van der Waals surface area contributed by atoms with Crippen molar-refractivity contribution in [3.8, 4) is 0 Å². The lowest BCUT2D eigenvalue weighted by Crippen LogP contribution is -2.32. The fourth-order valence-corrected chi connectivity index (χ4v) is 0.928. The van der Waals surface area contributed by atoms with E-state index in [1.54, 1.807) is 6.92 Å². The fraction of sp³-hybridized carbons (Fsp3) is 0.778. The van der Waals surface area contributed by atoms with E-state index in [0.717, 1.165) is 0 Å². The van der Waals surface area contributed by atoms with Gasteiger partial charge >= 0.3 is 18.2 Å². The smallest absolute Gasteiger partial charge is 0.422 e. The zero-order chi connectivity index (χ0) is 13.5. The molecule has 0 bridgehead atoms. The quantitative estimate of drug-likeness (QED) is 0.760. The van der Waals surface area contributed by atoms with E-state index >= 15 is 0 Å². The van der Waals surface area contributed by atoms with E-state index in [9.17, 15) is 22.8 Å². The summed E-state index contributed by atoms with van der Waals surface area (Å²) in [5.41, 5.74) is 0. The second-order valence-electron chi connectivity index (χ2n) is 3.61. The molecule has 0 fully saturated rings.